The molecule has 4 nitrogen and oxygen atoms in total. The highest BCUT2D eigenvalue weighted by Gasteiger charge is 2.35. The van der Waals surface area contributed by atoms with Crippen molar-refractivity contribution in [2.75, 3.05) is 0 Å². The lowest BCUT2D eigenvalue weighted by Crippen LogP contribution is -2.49. The van der Waals surface area contributed by atoms with Crippen molar-refractivity contribution in [1.82, 2.24) is 9.97 Å². The van der Waals surface area contributed by atoms with Crippen LogP contribution in [0.15, 0.2) is 200 Å². The molecule has 0 unspecified atom stereocenters. The van der Waals surface area contributed by atoms with Gasteiger partial charge in [0, 0.05) is 34.6 Å². The first-order valence-electron chi connectivity index (χ1n) is 22.4. The van der Waals surface area contributed by atoms with Crippen molar-refractivity contribution in [2.45, 2.75) is 52.7 Å². The van der Waals surface area contributed by atoms with Crippen molar-refractivity contribution in [2.24, 2.45) is 0 Å². The highest BCUT2D eigenvalue weighted by molar-refractivity contribution is 6.47. The Morgan fingerprint density at radius 2 is 0.723 bits per heavy atom. The lowest BCUT2D eigenvalue weighted by molar-refractivity contribution is -0.0893. The quantitative estimate of drug-likeness (QED) is 0.125. The van der Waals surface area contributed by atoms with Gasteiger partial charge in [0.05, 0.1) is 22.6 Å². The number of hydrogen-bond donors (Lipinski definition) is 1. The van der Waals surface area contributed by atoms with Crippen LogP contribution in [0.25, 0.3) is 89.3 Å². The molecule has 0 atom stereocenters. The van der Waals surface area contributed by atoms with E-state index in [2.05, 4.69) is 190 Å². The molecule has 2 aromatic heterocycles. The van der Waals surface area contributed by atoms with Gasteiger partial charge in [0.2, 0.25) is 0 Å². The molecule has 0 aliphatic heterocycles. The van der Waals surface area contributed by atoms with Gasteiger partial charge in [-0.2, -0.15) is 0 Å². The maximum Gasteiger partial charge on any atom is 0.309 e. The standard InChI is InChI=1S/C60H53BN2O2/c1-40-33-57(62-38-55(40)42-17-9-7-10-18-42)46-29-25-44(26-30-46)51-21-13-15-23-53(51)48-35-49(37-50(36-48)61-65-60(5,6)59(3,4)64)54-24-16-14-22-52(54)45-27-31-47(32-28-45)58-34-41(2)56(39-63-58)43-19-11-8-12-20-43/h7-39,61,64H,1-6H3. The molecule has 0 spiro atoms. The fourth-order valence-corrected chi connectivity index (χ4v) is 8.41. The molecule has 318 valence electrons. The SMILES string of the molecule is Cc1cc(-c2ccc(-c3ccccc3-c3cc(BOC(C)(C)C(C)(C)O)cc(-c4ccccc4-c4ccc(-c5cc(C)c(-c6ccccc6)cn5)cc4)c3)cc2)ncc1-c1ccccc1. The fourth-order valence-electron chi connectivity index (χ4n) is 8.41. The van der Waals surface area contributed by atoms with E-state index in [0.29, 0.717) is 7.48 Å². The summed E-state index contributed by atoms with van der Waals surface area (Å²) >= 11 is 0. The van der Waals surface area contributed by atoms with Crippen LogP contribution in [0.3, 0.4) is 0 Å². The molecule has 5 heteroatoms. The van der Waals surface area contributed by atoms with E-state index in [0.717, 1.165) is 83.6 Å². The second-order valence-electron chi connectivity index (χ2n) is 18.0. The van der Waals surface area contributed by atoms with Crippen molar-refractivity contribution >= 4 is 12.9 Å². The van der Waals surface area contributed by atoms with Crippen molar-refractivity contribution in [3.63, 3.8) is 0 Å². The Balaban J connectivity index is 1.06. The number of aryl methyl sites for hydroxylation is 2. The van der Waals surface area contributed by atoms with Crippen molar-refractivity contribution in [1.29, 1.82) is 0 Å². The van der Waals surface area contributed by atoms with Crippen LogP contribution >= 0.6 is 0 Å². The maximum absolute atomic E-state index is 11.0. The molecule has 0 radical (unpaired) electrons. The van der Waals surface area contributed by atoms with Gasteiger partial charge in [0.15, 0.2) is 0 Å². The van der Waals surface area contributed by atoms with Crippen LogP contribution in [-0.4, -0.2) is 33.8 Å². The number of aromatic nitrogens is 2. The summed E-state index contributed by atoms with van der Waals surface area (Å²) in [5, 5.41) is 11.0. The van der Waals surface area contributed by atoms with Gasteiger partial charge in [-0.25, -0.2) is 0 Å². The zero-order chi connectivity index (χ0) is 45.1. The molecule has 0 amide bonds. The third-order valence-electron chi connectivity index (χ3n) is 12.9. The van der Waals surface area contributed by atoms with Crippen molar-refractivity contribution in [3.05, 3.63) is 212 Å². The molecular weight excluding hydrogens is 791 g/mol. The number of hydrogen-bond acceptors (Lipinski definition) is 4. The van der Waals surface area contributed by atoms with Crippen LogP contribution in [0.4, 0.5) is 0 Å². The predicted molar refractivity (Wildman–Crippen MR) is 273 cm³/mol. The molecule has 1 N–H and O–H groups in total. The van der Waals surface area contributed by atoms with Crippen molar-refractivity contribution < 1.29 is 9.76 Å². The first kappa shape index (κ1) is 43.1. The predicted octanol–water partition coefficient (Wildman–Crippen LogP) is 14.0. The number of benzene rings is 7. The van der Waals surface area contributed by atoms with E-state index in [1.807, 2.05) is 38.4 Å². The van der Waals surface area contributed by atoms with E-state index < -0.39 is 11.2 Å². The Morgan fingerprint density at radius 1 is 0.385 bits per heavy atom. The minimum absolute atomic E-state index is 0.330. The fraction of sp³-hybridized carbons (Fsp3) is 0.133. The lowest BCUT2D eigenvalue weighted by Gasteiger charge is -2.37. The molecule has 0 saturated heterocycles. The van der Waals surface area contributed by atoms with Gasteiger partial charge in [-0.05, 0) is 127 Å². The van der Waals surface area contributed by atoms with E-state index in [4.69, 9.17) is 14.6 Å². The smallest absolute Gasteiger partial charge is 0.309 e. The lowest BCUT2D eigenvalue weighted by atomic mass is 9.79. The van der Waals surface area contributed by atoms with E-state index >= 15 is 0 Å². The molecule has 9 aromatic rings. The van der Waals surface area contributed by atoms with Gasteiger partial charge < -0.3 is 9.76 Å². The van der Waals surface area contributed by atoms with Gasteiger partial charge in [0.25, 0.3) is 0 Å². The Bertz CT molecular complexity index is 2910. The molecule has 0 fully saturated rings. The minimum atomic E-state index is -1.04. The van der Waals surface area contributed by atoms with Crippen LogP contribution in [-0.2, 0) is 4.65 Å². The summed E-state index contributed by atoms with van der Waals surface area (Å²) in [5.41, 5.74) is 19.2. The second-order valence-corrected chi connectivity index (χ2v) is 18.0. The summed E-state index contributed by atoms with van der Waals surface area (Å²) in [6.45, 7) is 11.8. The van der Waals surface area contributed by atoms with Crippen LogP contribution < -0.4 is 5.46 Å². The van der Waals surface area contributed by atoms with Crippen LogP contribution in [0.5, 0.6) is 0 Å². The van der Waals surface area contributed by atoms with Crippen LogP contribution in [0, 0.1) is 13.8 Å². The average Bonchev–Trinajstić information content (AvgIpc) is 3.33. The molecule has 9 rings (SSSR count). The topological polar surface area (TPSA) is 55.2 Å². The summed E-state index contributed by atoms with van der Waals surface area (Å²) in [5.74, 6) is 0. The molecule has 0 aliphatic rings. The number of aliphatic hydroxyl groups is 1. The van der Waals surface area contributed by atoms with Crippen molar-refractivity contribution in [3.8, 4) is 89.3 Å². The molecule has 0 aliphatic carbocycles. The highest BCUT2D eigenvalue weighted by Crippen LogP contribution is 2.39. The number of rotatable bonds is 12. The summed E-state index contributed by atoms with van der Waals surface area (Å²) < 4.78 is 6.52. The minimum Gasteiger partial charge on any atom is -0.427 e. The van der Waals surface area contributed by atoms with Gasteiger partial charge >= 0.3 is 7.48 Å². The van der Waals surface area contributed by atoms with E-state index in [-0.39, 0.29) is 0 Å². The Labute approximate surface area is 384 Å². The zero-order valence-electron chi connectivity index (χ0n) is 38.0. The summed E-state index contributed by atoms with van der Waals surface area (Å²) in [6.07, 6.45) is 3.97. The average molecular weight is 845 g/mol. The van der Waals surface area contributed by atoms with Gasteiger partial charge in [-0.15, -0.1) is 0 Å². The normalized spacial score (nSPS) is 11.7. The highest BCUT2D eigenvalue weighted by atomic mass is 16.5. The Hall–Kier alpha value is -7.18. The number of nitrogens with zero attached hydrogens (tertiary/aromatic N) is 2. The Kier molecular flexibility index (Phi) is 12.0. The maximum atomic E-state index is 11.0. The summed E-state index contributed by atoms with van der Waals surface area (Å²) in [7, 11) is 0.330. The van der Waals surface area contributed by atoms with Crippen LogP contribution in [0.2, 0.25) is 0 Å². The monoisotopic (exact) mass is 844 g/mol. The zero-order valence-corrected chi connectivity index (χ0v) is 38.0. The molecule has 65 heavy (non-hydrogen) atoms. The van der Waals surface area contributed by atoms with E-state index in [9.17, 15) is 5.11 Å². The third-order valence-corrected chi connectivity index (χ3v) is 12.9. The first-order valence-corrected chi connectivity index (χ1v) is 22.4. The van der Waals surface area contributed by atoms with E-state index in [1.165, 1.54) is 22.3 Å². The number of pyridine rings is 2. The van der Waals surface area contributed by atoms with Gasteiger partial charge in [0.1, 0.15) is 0 Å². The molecular formula is C60H53BN2O2. The van der Waals surface area contributed by atoms with E-state index in [1.54, 1.807) is 13.8 Å². The first-order chi connectivity index (χ1) is 31.4. The van der Waals surface area contributed by atoms with Gasteiger partial charge in [-0.3, -0.25) is 9.97 Å². The molecule has 0 saturated carbocycles. The Morgan fingerprint density at radius 3 is 1.09 bits per heavy atom. The molecule has 7 aromatic carbocycles. The molecule has 2 heterocycles. The van der Waals surface area contributed by atoms with Crippen LogP contribution in [0.1, 0.15) is 38.8 Å². The largest absolute Gasteiger partial charge is 0.427 e. The van der Waals surface area contributed by atoms with Gasteiger partial charge in [-0.1, -0.05) is 175 Å². The summed E-state index contributed by atoms with van der Waals surface area (Å²) in [4.78, 5) is 9.77. The third kappa shape index (κ3) is 9.26. The second kappa shape index (κ2) is 18.1. The summed E-state index contributed by atoms with van der Waals surface area (Å²) in [6, 6.07) is 66.6. The molecule has 0 bridgehead atoms.